The third kappa shape index (κ3) is 2.66. The zero-order valence-electron chi connectivity index (χ0n) is 10.2. The van der Waals surface area contributed by atoms with Crippen molar-refractivity contribution in [2.45, 2.75) is 13.8 Å². The third-order valence-electron chi connectivity index (χ3n) is 2.58. The number of carboxylic acids is 1. The van der Waals surface area contributed by atoms with E-state index in [2.05, 4.69) is 4.98 Å². The van der Waals surface area contributed by atoms with Gasteiger partial charge < -0.3 is 9.52 Å². The number of hydrogen-bond donors (Lipinski definition) is 1. The zero-order valence-corrected chi connectivity index (χ0v) is 11.0. The molecule has 2 aromatic rings. The van der Waals surface area contributed by atoms with Gasteiger partial charge in [-0.2, -0.15) is 0 Å². The Labute approximate surface area is 113 Å². The van der Waals surface area contributed by atoms with Gasteiger partial charge in [0.2, 0.25) is 5.89 Å². The second-order valence-electron chi connectivity index (χ2n) is 4.09. The van der Waals surface area contributed by atoms with Crippen molar-refractivity contribution in [1.82, 2.24) is 4.98 Å². The molecule has 0 saturated carbocycles. The molecule has 19 heavy (non-hydrogen) atoms. The van der Waals surface area contributed by atoms with Gasteiger partial charge in [-0.15, -0.1) is 0 Å². The van der Waals surface area contributed by atoms with Crippen molar-refractivity contribution in [3.63, 3.8) is 0 Å². The summed E-state index contributed by atoms with van der Waals surface area (Å²) in [7, 11) is 0. The topological polar surface area (TPSA) is 80.4 Å². The smallest absolute Gasteiger partial charge is 0.347 e. The predicted molar refractivity (Wildman–Crippen MR) is 71.3 cm³/mol. The van der Waals surface area contributed by atoms with Crippen molar-refractivity contribution in [3.05, 3.63) is 44.6 Å². The van der Waals surface area contributed by atoms with Crippen LogP contribution >= 0.6 is 11.6 Å². The van der Waals surface area contributed by atoms with E-state index < -0.39 is 11.6 Å². The summed E-state index contributed by atoms with van der Waals surface area (Å²) < 4.78 is 4.96. The van der Waals surface area contributed by atoms with Gasteiger partial charge in [0, 0.05) is 16.7 Å². The molecule has 0 radical (unpaired) electrons. The number of benzene rings is 1. The van der Waals surface area contributed by atoms with Crippen LogP contribution in [-0.4, -0.2) is 16.1 Å². The molecule has 1 N–H and O–H groups in total. The molecule has 98 valence electrons. The van der Waals surface area contributed by atoms with Gasteiger partial charge in [0.05, 0.1) is 10.9 Å². The first kappa shape index (κ1) is 13.3. The summed E-state index contributed by atoms with van der Waals surface area (Å²) >= 11 is 5.86. The van der Waals surface area contributed by atoms with E-state index in [9.17, 15) is 9.59 Å². The summed E-state index contributed by atoms with van der Waals surface area (Å²) in [4.78, 5) is 26.7. The SMILES string of the molecule is CC(=Cc1nc2c(C)cc(Cl)cc2c(=O)o1)C(=O)O. The van der Waals surface area contributed by atoms with E-state index >= 15 is 0 Å². The van der Waals surface area contributed by atoms with Gasteiger partial charge in [-0.25, -0.2) is 14.6 Å². The van der Waals surface area contributed by atoms with Crippen molar-refractivity contribution in [2.24, 2.45) is 0 Å². The average Bonchev–Trinajstić information content (AvgIpc) is 2.30. The Morgan fingerprint density at radius 3 is 2.79 bits per heavy atom. The highest BCUT2D eigenvalue weighted by atomic mass is 35.5. The van der Waals surface area contributed by atoms with Crippen molar-refractivity contribution in [3.8, 4) is 0 Å². The Kier molecular flexibility index (Phi) is 3.40. The molecular weight excluding hydrogens is 270 g/mol. The van der Waals surface area contributed by atoms with E-state index in [1.165, 1.54) is 19.1 Å². The summed E-state index contributed by atoms with van der Waals surface area (Å²) in [5.74, 6) is -1.14. The third-order valence-corrected chi connectivity index (χ3v) is 2.80. The molecule has 0 spiro atoms. The monoisotopic (exact) mass is 279 g/mol. The first-order valence-electron chi connectivity index (χ1n) is 5.41. The number of nitrogens with zero attached hydrogens (tertiary/aromatic N) is 1. The highest BCUT2D eigenvalue weighted by Gasteiger charge is 2.10. The lowest BCUT2D eigenvalue weighted by atomic mass is 10.1. The van der Waals surface area contributed by atoms with Crippen LogP contribution in [0.25, 0.3) is 17.0 Å². The molecule has 0 aliphatic rings. The molecule has 0 fully saturated rings. The number of carboxylic acid groups (broad SMARTS) is 1. The van der Waals surface area contributed by atoms with Crippen molar-refractivity contribution < 1.29 is 14.3 Å². The molecule has 1 aromatic heterocycles. The van der Waals surface area contributed by atoms with Gasteiger partial charge in [0.15, 0.2) is 0 Å². The van der Waals surface area contributed by atoms with Crippen molar-refractivity contribution in [1.29, 1.82) is 0 Å². The maximum atomic E-state index is 11.8. The minimum atomic E-state index is -1.10. The lowest BCUT2D eigenvalue weighted by molar-refractivity contribution is -0.132. The molecule has 0 unspecified atom stereocenters. The fourth-order valence-corrected chi connectivity index (χ4v) is 1.90. The average molecular weight is 280 g/mol. The number of aliphatic carboxylic acids is 1. The van der Waals surface area contributed by atoms with Crippen LogP contribution in [0.5, 0.6) is 0 Å². The molecule has 0 saturated heterocycles. The lowest BCUT2D eigenvalue weighted by Crippen LogP contribution is -2.05. The molecule has 0 amide bonds. The van der Waals surface area contributed by atoms with E-state index in [-0.39, 0.29) is 16.9 Å². The number of carbonyl (C=O) groups is 1. The van der Waals surface area contributed by atoms with Crippen LogP contribution in [0.15, 0.2) is 26.9 Å². The molecule has 0 atom stereocenters. The van der Waals surface area contributed by atoms with Crippen LogP contribution in [0.1, 0.15) is 18.4 Å². The fourth-order valence-electron chi connectivity index (χ4n) is 1.63. The molecule has 0 bridgehead atoms. The minimum Gasteiger partial charge on any atom is -0.478 e. The van der Waals surface area contributed by atoms with Gasteiger partial charge in [0.25, 0.3) is 0 Å². The largest absolute Gasteiger partial charge is 0.478 e. The molecule has 1 heterocycles. The van der Waals surface area contributed by atoms with Gasteiger partial charge in [-0.05, 0) is 31.5 Å². The van der Waals surface area contributed by atoms with E-state index in [0.29, 0.717) is 10.5 Å². The molecule has 5 nitrogen and oxygen atoms in total. The number of fused-ring (bicyclic) bond motifs is 1. The molecule has 2 rings (SSSR count). The van der Waals surface area contributed by atoms with E-state index in [1.807, 2.05) is 0 Å². The Morgan fingerprint density at radius 1 is 1.47 bits per heavy atom. The van der Waals surface area contributed by atoms with Crippen LogP contribution in [0, 0.1) is 6.92 Å². The van der Waals surface area contributed by atoms with E-state index in [0.717, 1.165) is 5.56 Å². The van der Waals surface area contributed by atoms with Gasteiger partial charge >= 0.3 is 11.6 Å². The molecule has 0 aliphatic carbocycles. The summed E-state index contributed by atoms with van der Waals surface area (Å²) in [5, 5.41) is 9.48. The summed E-state index contributed by atoms with van der Waals surface area (Å²) in [6.45, 7) is 3.15. The minimum absolute atomic E-state index is 0.0293. The summed E-state index contributed by atoms with van der Waals surface area (Å²) in [6.07, 6.45) is 1.21. The highest BCUT2D eigenvalue weighted by molar-refractivity contribution is 6.31. The number of halogens is 1. The molecular formula is C13H10ClNO4. The zero-order chi connectivity index (χ0) is 14.2. The predicted octanol–water partition coefficient (Wildman–Crippen LogP) is 2.64. The maximum absolute atomic E-state index is 11.8. The Morgan fingerprint density at radius 2 is 2.16 bits per heavy atom. The maximum Gasteiger partial charge on any atom is 0.347 e. The first-order valence-corrected chi connectivity index (χ1v) is 5.79. The van der Waals surface area contributed by atoms with Gasteiger partial charge in [-0.3, -0.25) is 0 Å². The number of aromatic nitrogens is 1. The van der Waals surface area contributed by atoms with E-state index in [1.54, 1.807) is 13.0 Å². The van der Waals surface area contributed by atoms with Crippen LogP contribution in [0.2, 0.25) is 5.02 Å². The standard InChI is InChI=1S/C13H10ClNO4/c1-6-3-8(14)5-9-11(6)15-10(19-13(9)18)4-7(2)12(16)17/h3-5H,1-2H3,(H,16,17). The number of aryl methyl sites for hydroxylation is 1. The van der Waals surface area contributed by atoms with Gasteiger partial charge in [0.1, 0.15) is 0 Å². The quantitative estimate of drug-likeness (QED) is 0.855. The van der Waals surface area contributed by atoms with E-state index in [4.69, 9.17) is 21.1 Å². The Hall–Kier alpha value is -2.14. The van der Waals surface area contributed by atoms with Crippen LogP contribution < -0.4 is 5.63 Å². The normalized spacial score (nSPS) is 11.8. The first-order chi connectivity index (χ1) is 8.88. The lowest BCUT2D eigenvalue weighted by Gasteiger charge is -2.02. The summed E-state index contributed by atoms with van der Waals surface area (Å²) in [6, 6.07) is 3.15. The molecule has 0 aliphatic heterocycles. The van der Waals surface area contributed by atoms with Crippen molar-refractivity contribution in [2.75, 3.05) is 0 Å². The van der Waals surface area contributed by atoms with Crippen molar-refractivity contribution >= 4 is 34.5 Å². The van der Waals surface area contributed by atoms with Gasteiger partial charge in [-0.1, -0.05) is 11.6 Å². The second kappa shape index (κ2) is 4.85. The number of rotatable bonds is 2. The highest BCUT2D eigenvalue weighted by Crippen LogP contribution is 2.20. The second-order valence-corrected chi connectivity index (χ2v) is 4.53. The number of hydrogen-bond acceptors (Lipinski definition) is 4. The van der Waals surface area contributed by atoms with Crippen LogP contribution in [-0.2, 0) is 4.79 Å². The van der Waals surface area contributed by atoms with Crippen LogP contribution in [0.4, 0.5) is 0 Å². The Bertz CT molecular complexity index is 761. The summed E-state index contributed by atoms with van der Waals surface area (Å²) in [5.41, 5.74) is 0.602. The Balaban J connectivity index is 2.72. The van der Waals surface area contributed by atoms with Crippen LogP contribution in [0.3, 0.4) is 0 Å². The molecule has 6 heteroatoms. The molecule has 1 aromatic carbocycles. The fraction of sp³-hybridized carbons (Fsp3) is 0.154.